The third-order valence-electron chi connectivity index (χ3n) is 4.62. The zero-order valence-electron chi connectivity index (χ0n) is 13.8. The van der Waals surface area contributed by atoms with E-state index < -0.39 is 0 Å². The summed E-state index contributed by atoms with van der Waals surface area (Å²) in [6, 6.07) is 4.65. The Morgan fingerprint density at radius 2 is 2.17 bits per heavy atom. The summed E-state index contributed by atoms with van der Waals surface area (Å²) in [4.78, 5) is 11.0. The molecule has 0 bridgehead atoms. The molecule has 2 fully saturated rings. The number of guanidine groups is 1. The fourth-order valence-electron chi connectivity index (χ4n) is 2.92. The number of rotatable bonds is 3. The lowest BCUT2D eigenvalue weighted by molar-refractivity contribution is 0.579. The molecule has 1 aliphatic carbocycles. The number of pyridine rings is 1. The molecule has 1 saturated heterocycles. The standard InChI is InChI=1S/C16H24ClN5.HI/c1-16(2)9-13(16)21-15(18-3)20-11-6-8-22(10-11)14-12(17)5-4-7-19-14;/h4-5,7,11,13H,6,8-10H2,1-3H3,(H2,18,20,21);1H. The average molecular weight is 450 g/mol. The summed E-state index contributed by atoms with van der Waals surface area (Å²) >= 11 is 6.23. The van der Waals surface area contributed by atoms with Crippen LogP contribution in [0.25, 0.3) is 0 Å². The first-order valence-corrected chi connectivity index (χ1v) is 8.23. The van der Waals surface area contributed by atoms with Crippen molar-refractivity contribution in [1.82, 2.24) is 15.6 Å². The van der Waals surface area contributed by atoms with E-state index in [0.29, 0.717) is 22.5 Å². The van der Waals surface area contributed by atoms with Gasteiger partial charge in [0.15, 0.2) is 5.96 Å². The summed E-state index contributed by atoms with van der Waals surface area (Å²) in [7, 11) is 1.83. The molecule has 2 heterocycles. The Kier molecular flexibility index (Phi) is 5.99. The van der Waals surface area contributed by atoms with Crippen LogP contribution in [0.5, 0.6) is 0 Å². The van der Waals surface area contributed by atoms with Crippen LogP contribution in [0.4, 0.5) is 5.82 Å². The molecule has 1 aliphatic heterocycles. The molecule has 2 atom stereocenters. The smallest absolute Gasteiger partial charge is 0.191 e. The van der Waals surface area contributed by atoms with Crippen LogP contribution in [0.2, 0.25) is 5.02 Å². The van der Waals surface area contributed by atoms with Crippen molar-refractivity contribution >= 4 is 47.4 Å². The van der Waals surface area contributed by atoms with Crippen LogP contribution >= 0.6 is 35.6 Å². The maximum Gasteiger partial charge on any atom is 0.191 e. The van der Waals surface area contributed by atoms with Crippen LogP contribution in [0.3, 0.4) is 0 Å². The van der Waals surface area contributed by atoms with Gasteiger partial charge < -0.3 is 15.5 Å². The van der Waals surface area contributed by atoms with E-state index in [4.69, 9.17) is 11.6 Å². The monoisotopic (exact) mass is 449 g/mol. The van der Waals surface area contributed by atoms with E-state index >= 15 is 0 Å². The van der Waals surface area contributed by atoms with Crippen LogP contribution in [0.1, 0.15) is 26.7 Å². The van der Waals surface area contributed by atoms with E-state index in [2.05, 4.69) is 39.4 Å². The predicted molar refractivity (Wildman–Crippen MR) is 107 cm³/mol. The Balaban J connectivity index is 0.00000192. The molecule has 3 rings (SSSR count). The minimum absolute atomic E-state index is 0. The summed E-state index contributed by atoms with van der Waals surface area (Å²) in [6.45, 7) is 6.41. The van der Waals surface area contributed by atoms with Gasteiger partial charge in [0.2, 0.25) is 0 Å². The molecule has 2 unspecified atom stereocenters. The van der Waals surface area contributed by atoms with Crippen LogP contribution in [-0.2, 0) is 0 Å². The maximum absolute atomic E-state index is 6.23. The zero-order valence-corrected chi connectivity index (χ0v) is 16.9. The molecule has 0 radical (unpaired) electrons. The summed E-state index contributed by atoms with van der Waals surface area (Å²) < 4.78 is 0. The van der Waals surface area contributed by atoms with E-state index in [9.17, 15) is 0 Å². The molecule has 128 valence electrons. The van der Waals surface area contributed by atoms with Crippen LogP contribution in [-0.4, -0.2) is 43.2 Å². The SMILES string of the molecule is CN=C(NC1CCN(c2ncccc2Cl)C1)NC1CC1(C)C.I. The quantitative estimate of drug-likeness (QED) is 0.423. The Bertz CT molecular complexity index is 577. The van der Waals surface area contributed by atoms with Crippen molar-refractivity contribution in [1.29, 1.82) is 0 Å². The lowest BCUT2D eigenvalue weighted by Crippen LogP contribution is -2.46. The number of aromatic nitrogens is 1. The number of hydrogen-bond acceptors (Lipinski definition) is 3. The van der Waals surface area contributed by atoms with E-state index in [1.165, 1.54) is 6.42 Å². The van der Waals surface area contributed by atoms with Crippen molar-refractivity contribution in [2.24, 2.45) is 10.4 Å². The van der Waals surface area contributed by atoms with Gasteiger partial charge in [-0.25, -0.2) is 4.98 Å². The molecule has 5 nitrogen and oxygen atoms in total. The van der Waals surface area contributed by atoms with Crippen molar-refractivity contribution in [3.63, 3.8) is 0 Å². The molecule has 2 aliphatic rings. The second-order valence-electron chi connectivity index (χ2n) is 6.85. The van der Waals surface area contributed by atoms with Gasteiger partial charge in [0.25, 0.3) is 0 Å². The van der Waals surface area contributed by atoms with E-state index in [1.807, 2.05) is 19.2 Å². The van der Waals surface area contributed by atoms with Gasteiger partial charge in [0, 0.05) is 38.4 Å². The van der Waals surface area contributed by atoms with Gasteiger partial charge in [-0.3, -0.25) is 4.99 Å². The van der Waals surface area contributed by atoms with E-state index in [-0.39, 0.29) is 24.0 Å². The van der Waals surface area contributed by atoms with E-state index in [1.54, 1.807) is 6.20 Å². The van der Waals surface area contributed by atoms with Gasteiger partial charge in [-0.1, -0.05) is 25.4 Å². The highest BCUT2D eigenvalue weighted by Gasteiger charge is 2.46. The predicted octanol–water partition coefficient (Wildman–Crippen LogP) is 2.90. The normalized spacial score (nSPS) is 25.7. The maximum atomic E-state index is 6.23. The van der Waals surface area contributed by atoms with Gasteiger partial charge in [-0.15, -0.1) is 24.0 Å². The molecule has 0 amide bonds. The third kappa shape index (κ3) is 4.41. The van der Waals surface area contributed by atoms with Crippen molar-refractivity contribution in [2.75, 3.05) is 25.0 Å². The fraction of sp³-hybridized carbons (Fsp3) is 0.625. The largest absolute Gasteiger partial charge is 0.353 e. The number of hydrogen-bond donors (Lipinski definition) is 2. The zero-order chi connectivity index (χ0) is 15.7. The summed E-state index contributed by atoms with van der Waals surface area (Å²) in [5.41, 5.74) is 0.390. The minimum Gasteiger partial charge on any atom is -0.353 e. The van der Waals surface area contributed by atoms with Crippen molar-refractivity contribution < 1.29 is 0 Å². The molecule has 1 aromatic heterocycles. The topological polar surface area (TPSA) is 52.6 Å². The van der Waals surface area contributed by atoms with Crippen molar-refractivity contribution in [3.05, 3.63) is 23.4 Å². The van der Waals surface area contributed by atoms with Gasteiger partial charge in [0.05, 0.1) is 5.02 Å². The highest BCUT2D eigenvalue weighted by molar-refractivity contribution is 14.0. The highest BCUT2D eigenvalue weighted by atomic mass is 127. The van der Waals surface area contributed by atoms with Gasteiger partial charge >= 0.3 is 0 Å². The molecule has 0 spiro atoms. The second-order valence-corrected chi connectivity index (χ2v) is 7.25. The van der Waals surface area contributed by atoms with Crippen LogP contribution in [0.15, 0.2) is 23.3 Å². The first-order valence-electron chi connectivity index (χ1n) is 7.85. The number of halogens is 2. The number of nitrogens with one attached hydrogen (secondary N) is 2. The molecule has 7 heteroatoms. The van der Waals surface area contributed by atoms with Crippen molar-refractivity contribution in [3.8, 4) is 0 Å². The molecule has 2 N–H and O–H groups in total. The van der Waals surface area contributed by atoms with Crippen LogP contribution < -0.4 is 15.5 Å². The molecule has 0 aromatic carbocycles. The van der Waals surface area contributed by atoms with Gasteiger partial charge in [0.1, 0.15) is 5.82 Å². The molecule has 1 saturated carbocycles. The molecule has 23 heavy (non-hydrogen) atoms. The number of anilines is 1. The fourth-order valence-corrected chi connectivity index (χ4v) is 3.16. The first-order chi connectivity index (χ1) is 10.5. The van der Waals surface area contributed by atoms with Crippen LogP contribution in [0, 0.1) is 5.41 Å². The molecular weight excluding hydrogens is 425 g/mol. The summed E-state index contributed by atoms with van der Waals surface area (Å²) in [5, 5.41) is 7.74. The Hall–Kier alpha value is -0.760. The molecule has 1 aromatic rings. The third-order valence-corrected chi connectivity index (χ3v) is 4.91. The number of nitrogens with zero attached hydrogens (tertiary/aromatic N) is 3. The van der Waals surface area contributed by atoms with Gasteiger partial charge in [-0.05, 0) is 30.4 Å². The summed E-state index contributed by atoms with van der Waals surface area (Å²) in [6.07, 6.45) is 4.05. The Morgan fingerprint density at radius 1 is 1.43 bits per heavy atom. The second kappa shape index (κ2) is 7.42. The Morgan fingerprint density at radius 3 is 2.78 bits per heavy atom. The highest BCUT2D eigenvalue weighted by Crippen LogP contribution is 2.44. The molecular formula is C16H25ClIN5. The summed E-state index contributed by atoms with van der Waals surface area (Å²) in [5.74, 6) is 1.77. The number of aliphatic imine (C=N–C) groups is 1. The average Bonchev–Trinajstić information content (AvgIpc) is 2.87. The minimum atomic E-state index is 0. The van der Waals surface area contributed by atoms with Gasteiger partial charge in [-0.2, -0.15) is 0 Å². The lowest BCUT2D eigenvalue weighted by atomic mass is 10.2. The Labute approximate surface area is 160 Å². The first kappa shape index (κ1) is 18.6. The van der Waals surface area contributed by atoms with E-state index in [0.717, 1.165) is 31.3 Å². The van der Waals surface area contributed by atoms with Crippen molar-refractivity contribution in [2.45, 2.75) is 38.8 Å². The lowest BCUT2D eigenvalue weighted by Gasteiger charge is -2.20.